The highest BCUT2D eigenvalue weighted by atomic mass is 19.1. The Morgan fingerprint density at radius 3 is 3.00 bits per heavy atom. The molecule has 0 spiro atoms. The van der Waals surface area contributed by atoms with Crippen LogP contribution in [0.5, 0.6) is 11.5 Å². The number of hydrogen-bond acceptors (Lipinski definition) is 3. The Morgan fingerprint density at radius 2 is 2.38 bits per heavy atom. The number of benzene rings is 1. The van der Waals surface area contributed by atoms with E-state index in [-0.39, 0.29) is 11.5 Å². The van der Waals surface area contributed by atoms with Crippen molar-refractivity contribution in [2.75, 3.05) is 20.2 Å². The van der Waals surface area contributed by atoms with Crippen LogP contribution in [0.2, 0.25) is 0 Å². The smallest absolute Gasteiger partial charge is 0.171 e. The van der Waals surface area contributed by atoms with Gasteiger partial charge in [0, 0.05) is 5.56 Å². The summed E-state index contributed by atoms with van der Waals surface area (Å²) in [6, 6.07) is 2.93. The van der Waals surface area contributed by atoms with Crippen LogP contribution >= 0.6 is 0 Å². The van der Waals surface area contributed by atoms with Gasteiger partial charge in [0.05, 0.1) is 7.11 Å². The van der Waals surface area contributed by atoms with Crippen molar-refractivity contribution in [2.45, 2.75) is 12.8 Å². The lowest BCUT2D eigenvalue weighted by molar-refractivity contribution is 0.375. The Hall–Kier alpha value is -1.29. The molecule has 3 nitrogen and oxygen atoms in total. The van der Waals surface area contributed by atoms with Crippen LogP contribution in [0.3, 0.4) is 0 Å². The number of hydrogen-bond donors (Lipinski definition) is 2. The Bertz CT molecular complexity index is 376. The molecule has 0 bridgehead atoms. The summed E-state index contributed by atoms with van der Waals surface area (Å²) in [6.07, 6.45) is 1.58. The van der Waals surface area contributed by atoms with Crippen molar-refractivity contribution in [1.82, 2.24) is 5.32 Å². The Balaban J connectivity index is 2.23. The highest BCUT2D eigenvalue weighted by Gasteiger charge is 2.20. The Morgan fingerprint density at radius 1 is 1.56 bits per heavy atom. The minimum Gasteiger partial charge on any atom is -0.508 e. The number of rotatable bonds is 3. The van der Waals surface area contributed by atoms with Gasteiger partial charge in [0.1, 0.15) is 5.75 Å². The average molecular weight is 225 g/mol. The summed E-state index contributed by atoms with van der Waals surface area (Å²) in [5.74, 6) is 0.172. The first kappa shape index (κ1) is 11.2. The second-order valence-corrected chi connectivity index (χ2v) is 4.14. The molecule has 1 aromatic rings. The fraction of sp³-hybridized carbons (Fsp3) is 0.500. The number of phenols is 1. The molecular weight excluding hydrogens is 209 g/mol. The van der Waals surface area contributed by atoms with E-state index in [1.807, 2.05) is 0 Å². The predicted octanol–water partition coefficient (Wildman–Crippen LogP) is 1.69. The van der Waals surface area contributed by atoms with Gasteiger partial charge in [0.15, 0.2) is 11.6 Å². The van der Waals surface area contributed by atoms with Gasteiger partial charge < -0.3 is 15.2 Å². The maximum Gasteiger partial charge on any atom is 0.171 e. The number of aromatic hydroxyl groups is 1. The molecule has 0 radical (unpaired) electrons. The minimum absolute atomic E-state index is 0.0187. The fourth-order valence-electron chi connectivity index (χ4n) is 2.12. The summed E-state index contributed by atoms with van der Waals surface area (Å²) >= 11 is 0. The molecule has 1 heterocycles. The maximum atomic E-state index is 13.9. The molecular formula is C12H16FNO2. The van der Waals surface area contributed by atoms with Crippen LogP contribution in [0.1, 0.15) is 12.0 Å². The van der Waals surface area contributed by atoms with Crippen molar-refractivity contribution in [3.05, 3.63) is 23.5 Å². The largest absolute Gasteiger partial charge is 0.508 e. The van der Waals surface area contributed by atoms with Gasteiger partial charge in [-0.25, -0.2) is 4.39 Å². The average Bonchev–Trinajstić information content (AvgIpc) is 2.77. The Kier molecular flexibility index (Phi) is 3.29. The molecule has 88 valence electrons. The zero-order chi connectivity index (χ0) is 11.5. The molecule has 1 unspecified atom stereocenters. The number of halogens is 1. The van der Waals surface area contributed by atoms with Crippen molar-refractivity contribution < 1.29 is 14.2 Å². The van der Waals surface area contributed by atoms with Crippen LogP contribution in [0.4, 0.5) is 4.39 Å². The SMILES string of the molecule is COc1ccc(O)c(CC2CCNC2)c1F. The summed E-state index contributed by atoms with van der Waals surface area (Å²) in [4.78, 5) is 0. The number of nitrogens with one attached hydrogen (secondary N) is 1. The van der Waals surface area contributed by atoms with E-state index in [9.17, 15) is 9.50 Å². The Labute approximate surface area is 94.2 Å². The summed E-state index contributed by atoms with van der Waals surface area (Å²) in [5.41, 5.74) is 0.369. The predicted molar refractivity (Wildman–Crippen MR) is 59.3 cm³/mol. The number of phenolic OH excluding ortho intramolecular Hbond substituents is 1. The van der Waals surface area contributed by atoms with E-state index in [0.717, 1.165) is 19.5 Å². The second-order valence-electron chi connectivity index (χ2n) is 4.14. The molecule has 1 saturated heterocycles. The normalized spacial score (nSPS) is 20.0. The van der Waals surface area contributed by atoms with Crippen molar-refractivity contribution in [2.24, 2.45) is 5.92 Å². The third kappa shape index (κ3) is 2.11. The first-order valence-corrected chi connectivity index (χ1v) is 5.47. The molecule has 1 fully saturated rings. The van der Waals surface area contributed by atoms with Crippen LogP contribution in [0.25, 0.3) is 0 Å². The van der Waals surface area contributed by atoms with Crippen molar-refractivity contribution in [3.63, 3.8) is 0 Å². The van der Waals surface area contributed by atoms with Gasteiger partial charge in [0.2, 0.25) is 0 Å². The van der Waals surface area contributed by atoms with E-state index in [2.05, 4.69) is 5.32 Å². The van der Waals surface area contributed by atoms with E-state index in [4.69, 9.17) is 4.74 Å². The molecule has 1 aliphatic heterocycles. The van der Waals surface area contributed by atoms with E-state index in [1.165, 1.54) is 19.2 Å². The molecule has 1 aliphatic rings. The van der Waals surface area contributed by atoms with Gasteiger partial charge >= 0.3 is 0 Å². The van der Waals surface area contributed by atoms with Crippen molar-refractivity contribution in [1.29, 1.82) is 0 Å². The van der Waals surface area contributed by atoms with Crippen LogP contribution in [-0.2, 0) is 6.42 Å². The molecule has 2 N–H and O–H groups in total. The van der Waals surface area contributed by atoms with Crippen molar-refractivity contribution >= 4 is 0 Å². The van der Waals surface area contributed by atoms with E-state index >= 15 is 0 Å². The summed E-state index contributed by atoms with van der Waals surface area (Å²) in [5, 5.41) is 12.9. The zero-order valence-electron chi connectivity index (χ0n) is 9.29. The fourth-order valence-corrected chi connectivity index (χ4v) is 2.12. The second kappa shape index (κ2) is 4.70. The summed E-state index contributed by atoms with van der Waals surface area (Å²) < 4.78 is 18.8. The molecule has 4 heteroatoms. The third-order valence-corrected chi connectivity index (χ3v) is 3.06. The molecule has 0 saturated carbocycles. The molecule has 16 heavy (non-hydrogen) atoms. The maximum absolute atomic E-state index is 13.9. The molecule has 1 atom stereocenters. The summed E-state index contributed by atoms with van der Waals surface area (Å²) in [6.45, 7) is 1.85. The minimum atomic E-state index is -0.436. The van der Waals surface area contributed by atoms with Gasteiger partial charge in [-0.15, -0.1) is 0 Å². The summed E-state index contributed by atoms with van der Waals surface area (Å²) in [7, 11) is 1.43. The van der Waals surface area contributed by atoms with E-state index < -0.39 is 5.82 Å². The monoisotopic (exact) mass is 225 g/mol. The van der Waals surface area contributed by atoms with Crippen molar-refractivity contribution in [3.8, 4) is 11.5 Å². The molecule has 0 amide bonds. The standard InChI is InChI=1S/C12H16FNO2/c1-16-11-3-2-10(15)9(12(11)13)6-8-4-5-14-7-8/h2-3,8,14-15H,4-7H2,1H3. The molecule has 0 aromatic heterocycles. The first-order chi connectivity index (χ1) is 7.72. The highest BCUT2D eigenvalue weighted by Crippen LogP contribution is 2.31. The first-order valence-electron chi connectivity index (χ1n) is 5.47. The van der Waals surface area contributed by atoms with Crippen LogP contribution < -0.4 is 10.1 Å². The quantitative estimate of drug-likeness (QED) is 0.822. The topological polar surface area (TPSA) is 41.5 Å². The third-order valence-electron chi connectivity index (χ3n) is 3.06. The molecule has 0 aliphatic carbocycles. The highest BCUT2D eigenvalue weighted by molar-refractivity contribution is 5.41. The van der Waals surface area contributed by atoms with Crippen LogP contribution in [-0.4, -0.2) is 25.3 Å². The van der Waals surface area contributed by atoms with E-state index in [0.29, 0.717) is 17.9 Å². The van der Waals surface area contributed by atoms with E-state index in [1.54, 1.807) is 0 Å². The van der Waals surface area contributed by atoms with Crippen LogP contribution in [0, 0.1) is 11.7 Å². The number of ether oxygens (including phenoxy) is 1. The van der Waals surface area contributed by atoms with Crippen LogP contribution in [0.15, 0.2) is 12.1 Å². The van der Waals surface area contributed by atoms with Gasteiger partial charge in [-0.3, -0.25) is 0 Å². The number of methoxy groups -OCH3 is 1. The lowest BCUT2D eigenvalue weighted by Gasteiger charge is -2.12. The molecule has 2 rings (SSSR count). The zero-order valence-corrected chi connectivity index (χ0v) is 9.29. The lowest BCUT2D eigenvalue weighted by atomic mass is 9.97. The van der Waals surface area contributed by atoms with Gasteiger partial charge in [0.25, 0.3) is 0 Å². The molecule has 1 aromatic carbocycles. The van der Waals surface area contributed by atoms with Gasteiger partial charge in [-0.1, -0.05) is 0 Å². The lowest BCUT2D eigenvalue weighted by Crippen LogP contribution is -2.11. The van der Waals surface area contributed by atoms with Gasteiger partial charge in [-0.2, -0.15) is 0 Å². The van der Waals surface area contributed by atoms with Gasteiger partial charge in [-0.05, 0) is 44.0 Å².